The molecular weight excluding hydrogens is 399 g/mol. The zero-order valence-electron chi connectivity index (χ0n) is 14.9. The van der Waals surface area contributed by atoms with Gasteiger partial charge < -0.3 is 9.52 Å². The third kappa shape index (κ3) is 2.94. The molecule has 2 heterocycles. The summed E-state index contributed by atoms with van der Waals surface area (Å²) in [7, 11) is 0. The second-order valence-corrected chi connectivity index (χ2v) is 8.27. The predicted octanol–water partition coefficient (Wildman–Crippen LogP) is 4.55. The van der Waals surface area contributed by atoms with E-state index in [2.05, 4.69) is 4.90 Å². The molecule has 1 saturated carbocycles. The van der Waals surface area contributed by atoms with Crippen LogP contribution in [-0.4, -0.2) is 27.2 Å². The van der Waals surface area contributed by atoms with Crippen molar-refractivity contribution < 1.29 is 9.52 Å². The van der Waals surface area contributed by atoms with Crippen molar-refractivity contribution in [3.63, 3.8) is 0 Å². The van der Waals surface area contributed by atoms with Crippen LogP contribution in [0.25, 0.3) is 5.69 Å². The van der Waals surface area contributed by atoms with E-state index in [-0.39, 0.29) is 11.8 Å². The van der Waals surface area contributed by atoms with Gasteiger partial charge in [0.2, 0.25) is 5.88 Å². The minimum Gasteiger partial charge on any atom is -0.492 e. The molecule has 0 amide bonds. The Bertz CT molecular complexity index is 1120. The van der Waals surface area contributed by atoms with Gasteiger partial charge in [-0.1, -0.05) is 41.4 Å². The zero-order valence-corrected chi connectivity index (χ0v) is 16.5. The highest BCUT2D eigenvalue weighted by Crippen LogP contribution is 2.43. The summed E-state index contributed by atoms with van der Waals surface area (Å²) in [5, 5.41) is 11.4. The summed E-state index contributed by atoms with van der Waals surface area (Å²) in [5.74, 6) is -0.876. The average Bonchev–Trinajstić information content (AvgIpc) is 3.47. The minimum atomic E-state index is -0.621. The van der Waals surface area contributed by atoms with Crippen molar-refractivity contribution in [3.8, 4) is 11.6 Å². The lowest BCUT2D eigenvalue weighted by Gasteiger charge is -2.36. The zero-order chi connectivity index (χ0) is 19.4. The molecule has 1 aromatic heterocycles. The summed E-state index contributed by atoms with van der Waals surface area (Å²) in [6.45, 7) is 1.60. The molecule has 1 N–H and O–H groups in total. The summed E-state index contributed by atoms with van der Waals surface area (Å²) in [6.07, 6.45) is 3.44. The molecule has 3 aromatic rings. The molecule has 0 bridgehead atoms. The quantitative estimate of drug-likeness (QED) is 0.679. The van der Waals surface area contributed by atoms with Crippen molar-refractivity contribution in [3.05, 3.63) is 79.9 Å². The monoisotopic (exact) mass is 416 g/mol. The molecule has 0 radical (unpaired) electrons. The van der Waals surface area contributed by atoms with Crippen LogP contribution in [0.3, 0.4) is 0 Å². The first-order valence-electron chi connectivity index (χ1n) is 9.23. The molecule has 1 aliphatic carbocycles. The van der Waals surface area contributed by atoms with Crippen molar-refractivity contribution in [1.29, 1.82) is 0 Å². The molecule has 144 valence electrons. The van der Waals surface area contributed by atoms with Crippen LogP contribution in [0.5, 0.6) is 5.88 Å². The molecular formula is C21H18Cl2N2O3. The molecule has 28 heavy (non-hydrogen) atoms. The van der Waals surface area contributed by atoms with Crippen LogP contribution in [0, 0.1) is 0 Å². The van der Waals surface area contributed by atoms with Crippen molar-refractivity contribution in [2.75, 3.05) is 6.54 Å². The molecule has 5 rings (SSSR count). The van der Waals surface area contributed by atoms with Gasteiger partial charge in [0.25, 0.3) is 0 Å². The number of oxazole rings is 1. The van der Waals surface area contributed by atoms with E-state index < -0.39 is 5.76 Å². The Labute approximate surface area is 171 Å². The Balaban J connectivity index is 1.71. The number of fused-ring (bicyclic) bond motifs is 1. The number of hydrogen-bond donors (Lipinski definition) is 1. The summed E-state index contributed by atoms with van der Waals surface area (Å²) in [6, 6.07) is 11.9. The highest BCUT2D eigenvalue weighted by atomic mass is 35.5. The number of aromatic hydroxyl groups is 1. The fourth-order valence-corrected chi connectivity index (χ4v) is 4.76. The standard InChI is InChI=1S/C21H18Cl2N2O3/c22-12-7-15-16(9-24(13-5-6-13)10-17(15)18(23)8-12)14-3-1-2-4-19(14)25-20(26)11-28-21(25)27/h1-4,7-8,11,13,16,26H,5-6,9-10H2. The van der Waals surface area contributed by atoms with Gasteiger partial charge in [-0.3, -0.25) is 4.90 Å². The van der Waals surface area contributed by atoms with Gasteiger partial charge in [-0.05, 0) is 47.7 Å². The highest BCUT2D eigenvalue weighted by Gasteiger charge is 2.37. The molecule has 1 fully saturated rings. The van der Waals surface area contributed by atoms with E-state index in [0.717, 1.165) is 36.0 Å². The summed E-state index contributed by atoms with van der Waals surface area (Å²) in [5.41, 5.74) is 3.67. The van der Waals surface area contributed by atoms with Gasteiger partial charge in [0.05, 0.1) is 5.69 Å². The Morgan fingerprint density at radius 2 is 1.89 bits per heavy atom. The number of benzene rings is 2. The van der Waals surface area contributed by atoms with Crippen molar-refractivity contribution in [1.82, 2.24) is 9.47 Å². The molecule has 1 aliphatic heterocycles. The smallest absolute Gasteiger partial charge is 0.426 e. The Morgan fingerprint density at radius 1 is 1.11 bits per heavy atom. The van der Waals surface area contributed by atoms with E-state index in [9.17, 15) is 9.90 Å². The Hall–Kier alpha value is -2.21. The molecule has 0 saturated heterocycles. The third-order valence-electron chi connectivity index (χ3n) is 5.64. The molecule has 2 aromatic carbocycles. The van der Waals surface area contributed by atoms with Crippen LogP contribution >= 0.6 is 23.2 Å². The van der Waals surface area contributed by atoms with Crippen LogP contribution < -0.4 is 5.76 Å². The van der Waals surface area contributed by atoms with E-state index in [4.69, 9.17) is 27.6 Å². The van der Waals surface area contributed by atoms with E-state index >= 15 is 0 Å². The first-order chi connectivity index (χ1) is 13.5. The van der Waals surface area contributed by atoms with Gasteiger partial charge in [-0.15, -0.1) is 0 Å². The van der Waals surface area contributed by atoms with Crippen LogP contribution in [-0.2, 0) is 6.54 Å². The van der Waals surface area contributed by atoms with Crippen LogP contribution in [0.15, 0.2) is 51.9 Å². The number of aromatic nitrogens is 1. The van der Waals surface area contributed by atoms with E-state index in [1.165, 1.54) is 17.4 Å². The van der Waals surface area contributed by atoms with Crippen LogP contribution in [0.1, 0.15) is 35.4 Å². The topological polar surface area (TPSA) is 58.6 Å². The second kappa shape index (κ2) is 6.69. The van der Waals surface area contributed by atoms with Gasteiger partial charge in [0.1, 0.15) is 0 Å². The number of hydrogen-bond acceptors (Lipinski definition) is 4. The molecule has 7 heteroatoms. The summed E-state index contributed by atoms with van der Waals surface area (Å²) >= 11 is 12.9. The maximum atomic E-state index is 12.2. The highest BCUT2D eigenvalue weighted by molar-refractivity contribution is 6.35. The fourth-order valence-electron chi connectivity index (χ4n) is 4.19. The summed E-state index contributed by atoms with van der Waals surface area (Å²) in [4.78, 5) is 14.6. The van der Waals surface area contributed by atoms with E-state index in [1.807, 2.05) is 30.3 Å². The number of para-hydroxylation sites is 1. The molecule has 1 unspecified atom stereocenters. The van der Waals surface area contributed by atoms with Crippen molar-refractivity contribution in [2.45, 2.75) is 31.3 Å². The third-order valence-corrected chi connectivity index (χ3v) is 6.20. The number of nitrogens with zero attached hydrogens (tertiary/aromatic N) is 2. The summed E-state index contributed by atoms with van der Waals surface area (Å²) < 4.78 is 6.07. The number of rotatable bonds is 3. The minimum absolute atomic E-state index is 0.0297. The SMILES string of the molecule is O=c1occ(O)n1-c1ccccc1C1CN(C2CC2)Cc2c(Cl)cc(Cl)cc21. The van der Waals surface area contributed by atoms with E-state index in [0.29, 0.717) is 21.8 Å². The van der Waals surface area contributed by atoms with Crippen LogP contribution in [0.2, 0.25) is 10.0 Å². The van der Waals surface area contributed by atoms with Crippen LogP contribution in [0.4, 0.5) is 0 Å². The second-order valence-electron chi connectivity index (χ2n) is 7.42. The predicted molar refractivity (Wildman–Crippen MR) is 108 cm³/mol. The maximum absolute atomic E-state index is 12.2. The molecule has 1 atom stereocenters. The Kier molecular flexibility index (Phi) is 4.27. The van der Waals surface area contributed by atoms with E-state index in [1.54, 1.807) is 6.07 Å². The Morgan fingerprint density at radius 3 is 2.61 bits per heavy atom. The lowest BCUT2D eigenvalue weighted by atomic mass is 9.83. The lowest BCUT2D eigenvalue weighted by molar-refractivity contribution is 0.230. The first-order valence-corrected chi connectivity index (χ1v) is 9.99. The maximum Gasteiger partial charge on any atom is 0.426 e. The average molecular weight is 417 g/mol. The van der Waals surface area contributed by atoms with Gasteiger partial charge in [0, 0.05) is 35.1 Å². The van der Waals surface area contributed by atoms with Gasteiger partial charge in [-0.2, -0.15) is 0 Å². The van der Waals surface area contributed by atoms with Crippen molar-refractivity contribution in [2.24, 2.45) is 0 Å². The molecule has 2 aliphatic rings. The van der Waals surface area contributed by atoms with Gasteiger partial charge in [-0.25, -0.2) is 9.36 Å². The molecule has 0 spiro atoms. The fraction of sp³-hybridized carbons (Fsp3) is 0.286. The largest absolute Gasteiger partial charge is 0.492 e. The first kappa shape index (κ1) is 17.9. The molecule has 5 nitrogen and oxygen atoms in total. The lowest BCUT2D eigenvalue weighted by Crippen LogP contribution is -2.36. The normalized spacial score (nSPS) is 19.6. The number of halogens is 2. The van der Waals surface area contributed by atoms with Gasteiger partial charge in [0.15, 0.2) is 6.26 Å². The van der Waals surface area contributed by atoms with Gasteiger partial charge >= 0.3 is 5.76 Å². The van der Waals surface area contributed by atoms with Crippen molar-refractivity contribution >= 4 is 23.2 Å².